The summed E-state index contributed by atoms with van der Waals surface area (Å²) in [4.78, 5) is 2.04. The Labute approximate surface area is 134 Å². The molecule has 2 heterocycles. The molecule has 8 heteroatoms. The number of rotatable bonds is 4. The van der Waals surface area contributed by atoms with Crippen molar-refractivity contribution in [1.29, 1.82) is 5.26 Å². The van der Waals surface area contributed by atoms with Crippen molar-refractivity contribution in [3.05, 3.63) is 16.0 Å². The van der Waals surface area contributed by atoms with Gasteiger partial charge >= 0.3 is 0 Å². The van der Waals surface area contributed by atoms with Crippen LogP contribution in [0.25, 0.3) is 0 Å². The topological polar surface area (TPSA) is 64.4 Å². The second-order valence-electron chi connectivity index (χ2n) is 5.02. The summed E-state index contributed by atoms with van der Waals surface area (Å²) in [6, 6.07) is 3.75. The Bertz CT molecular complexity index is 623. The van der Waals surface area contributed by atoms with Gasteiger partial charge in [-0.1, -0.05) is 18.5 Å². The minimum atomic E-state index is -3.47. The van der Waals surface area contributed by atoms with Crippen LogP contribution in [-0.2, 0) is 10.0 Å². The first-order valence-electron chi connectivity index (χ1n) is 6.80. The maximum absolute atomic E-state index is 12.6. The molecule has 0 aliphatic carbocycles. The van der Waals surface area contributed by atoms with Crippen LogP contribution in [0.2, 0.25) is 4.34 Å². The average Bonchev–Trinajstić information content (AvgIpc) is 2.81. The molecule has 0 radical (unpaired) electrons. The van der Waals surface area contributed by atoms with Crippen LogP contribution in [0.15, 0.2) is 10.3 Å². The van der Waals surface area contributed by atoms with E-state index in [0.29, 0.717) is 34.7 Å². The molecule has 0 aromatic carbocycles. The standard InChI is InChI=1S/C13H18ClN3O2S2/c1-3-11(9-15)16-4-6-17(7-5-16)21(18,19)12-8-10(2)13(14)20-12/h8,11H,3-7H2,1-2H3. The average molecular weight is 348 g/mol. The van der Waals surface area contributed by atoms with Crippen LogP contribution in [0.1, 0.15) is 18.9 Å². The van der Waals surface area contributed by atoms with Gasteiger partial charge in [0.05, 0.1) is 16.4 Å². The fraction of sp³-hybridized carbons (Fsp3) is 0.615. The molecule has 1 unspecified atom stereocenters. The van der Waals surface area contributed by atoms with Crippen molar-refractivity contribution in [3.63, 3.8) is 0 Å². The Hall–Kier alpha value is -0.650. The molecule has 0 N–H and O–H groups in total. The monoisotopic (exact) mass is 347 g/mol. The smallest absolute Gasteiger partial charge is 0.252 e. The van der Waals surface area contributed by atoms with Crippen LogP contribution in [0, 0.1) is 18.3 Å². The normalized spacial score (nSPS) is 19.3. The number of piperazine rings is 1. The van der Waals surface area contributed by atoms with E-state index in [0.717, 1.165) is 23.3 Å². The fourth-order valence-corrected chi connectivity index (χ4v) is 5.66. The maximum atomic E-state index is 12.6. The van der Waals surface area contributed by atoms with Gasteiger partial charge in [-0.25, -0.2) is 8.42 Å². The first kappa shape index (κ1) is 16.7. The number of aryl methyl sites for hydroxylation is 1. The highest BCUT2D eigenvalue weighted by Crippen LogP contribution is 2.32. The van der Waals surface area contributed by atoms with Gasteiger partial charge in [0.2, 0.25) is 0 Å². The molecule has 1 aromatic heterocycles. The van der Waals surface area contributed by atoms with Gasteiger partial charge in [-0.05, 0) is 25.0 Å². The first-order chi connectivity index (χ1) is 9.90. The van der Waals surface area contributed by atoms with Gasteiger partial charge in [-0.3, -0.25) is 4.90 Å². The van der Waals surface area contributed by atoms with Gasteiger partial charge in [0, 0.05) is 26.2 Å². The summed E-state index contributed by atoms with van der Waals surface area (Å²) >= 11 is 7.07. The number of hydrogen-bond donors (Lipinski definition) is 0. The van der Waals surface area contributed by atoms with Crippen molar-refractivity contribution in [3.8, 4) is 6.07 Å². The van der Waals surface area contributed by atoms with Gasteiger partial charge in [-0.15, -0.1) is 11.3 Å². The van der Waals surface area contributed by atoms with E-state index in [1.165, 1.54) is 4.31 Å². The highest BCUT2D eigenvalue weighted by molar-refractivity contribution is 7.91. The SMILES string of the molecule is CCC(C#N)N1CCN(S(=O)(=O)c2cc(C)c(Cl)s2)CC1. The molecule has 1 saturated heterocycles. The Morgan fingerprint density at radius 2 is 2.05 bits per heavy atom. The van der Waals surface area contributed by atoms with Crippen LogP contribution in [0.5, 0.6) is 0 Å². The molecule has 1 aromatic rings. The van der Waals surface area contributed by atoms with Gasteiger partial charge in [0.1, 0.15) is 4.21 Å². The lowest BCUT2D eigenvalue weighted by Crippen LogP contribution is -2.51. The number of sulfonamides is 1. The summed E-state index contributed by atoms with van der Waals surface area (Å²) < 4.78 is 27.4. The molecular formula is C13H18ClN3O2S2. The Balaban J connectivity index is 2.10. The largest absolute Gasteiger partial charge is 0.285 e. The van der Waals surface area contributed by atoms with Crippen LogP contribution < -0.4 is 0 Å². The molecule has 0 bridgehead atoms. The van der Waals surface area contributed by atoms with Gasteiger partial charge in [-0.2, -0.15) is 9.57 Å². The van der Waals surface area contributed by atoms with E-state index >= 15 is 0 Å². The summed E-state index contributed by atoms with van der Waals surface area (Å²) in [6.45, 7) is 5.76. The Kier molecular flexibility index (Phi) is 5.28. The molecular weight excluding hydrogens is 330 g/mol. The van der Waals surface area contributed by atoms with E-state index in [9.17, 15) is 8.42 Å². The van der Waals surface area contributed by atoms with E-state index < -0.39 is 10.0 Å². The minimum Gasteiger partial charge on any atom is -0.285 e. The quantitative estimate of drug-likeness (QED) is 0.838. The van der Waals surface area contributed by atoms with E-state index in [1.807, 2.05) is 11.8 Å². The predicted molar refractivity (Wildman–Crippen MR) is 84.1 cm³/mol. The summed E-state index contributed by atoms with van der Waals surface area (Å²) in [5.41, 5.74) is 0.786. The summed E-state index contributed by atoms with van der Waals surface area (Å²) in [5.74, 6) is 0. The van der Waals surface area contributed by atoms with Crippen LogP contribution in [0.3, 0.4) is 0 Å². The van der Waals surface area contributed by atoms with Crippen molar-refractivity contribution in [2.45, 2.75) is 30.5 Å². The molecule has 0 amide bonds. The zero-order valence-electron chi connectivity index (χ0n) is 12.0. The van der Waals surface area contributed by atoms with E-state index in [2.05, 4.69) is 6.07 Å². The third-order valence-corrected chi connectivity index (χ3v) is 7.58. The number of halogens is 1. The predicted octanol–water partition coefficient (Wildman–Crippen LogP) is 2.32. The molecule has 21 heavy (non-hydrogen) atoms. The summed E-state index contributed by atoms with van der Waals surface area (Å²) in [6.07, 6.45) is 0.753. The van der Waals surface area contributed by atoms with Crippen molar-refractivity contribution < 1.29 is 8.42 Å². The number of hydrogen-bond acceptors (Lipinski definition) is 5. The highest BCUT2D eigenvalue weighted by Gasteiger charge is 2.31. The van der Waals surface area contributed by atoms with Crippen molar-refractivity contribution in [2.75, 3.05) is 26.2 Å². The number of nitriles is 1. The van der Waals surface area contributed by atoms with Crippen LogP contribution >= 0.6 is 22.9 Å². The number of nitrogens with zero attached hydrogens (tertiary/aromatic N) is 3. The molecule has 1 aliphatic heterocycles. The molecule has 0 spiro atoms. The third-order valence-electron chi connectivity index (χ3n) is 3.68. The number of thiophene rings is 1. The van der Waals surface area contributed by atoms with E-state index in [4.69, 9.17) is 16.9 Å². The molecule has 5 nitrogen and oxygen atoms in total. The highest BCUT2D eigenvalue weighted by atomic mass is 35.5. The summed E-state index contributed by atoms with van der Waals surface area (Å²) in [7, 11) is -3.47. The zero-order chi connectivity index (χ0) is 15.6. The lowest BCUT2D eigenvalue weighted by molar-refractivity contribution is 0.159. The minimum absolute atomic E-state index is 0.131. The van der Waals surface area contributed by atoms with Crippen molar-refractivity contribution >= 4 is 33.0 Å². The van der Waals surface area contributed by atoms with Gasteiger partial charge in [0.15, 0.2) is 0 Å². The van der Waals surface area contributed by atoms with Crippen LogP contribution in [-0.4, -0.2) is 49.8 Å². The van der Waals surface area contributed by atoms with Gasteiger partial charge in [0.25, 0.3) is 10.0 Å². The second kappa shape index (κ2) is 6.63. The molecule has 0 saturated carbocycles. The van der Waals surface area contributed by atoms with Crippen molar-refractivity contribution in [1.82, 2.24) is 9.21 Å². The van der Waals surface area contributed by atoms with Gasteiger partial charge < -0.3 is 0 Å². The first-order valence-corrected chi connectivity index (χ1v) is 9.43. The molecule has 2 rings (SSSR count). The second-order valence-corrected chi connectivity index (χ2v) is 8.83. The molecule has 116 valence electrons. The van der Waals surface area contributed by atoms with E-state index in [-0.39, 0.29) is 6.04 Å². The van der Waals surface area contributed by atoms with E-state index in [1.54, 1.807) is 13.0 Å². The van der Waals surface area contributed by atoms with Crippen molar-refractivity contribution in [2.24, 2.45) is 0 Å². The Morgan fingerprint density at radius 1 is 1.43 bits per heavy atom. The Morgan fingerprint density at radius 3 is 2.48 bits per heavy atom. The lowest BCUT2D eigenvalue weighted by Gasteiger charge is -2.35. The molecule has 1 atom stereocenters. The van der Waals surface area contributed by atoms with Crippen LogP contribution in [0.4, 0.5) is 0 Å². The summed E-state index contributed by atoms with van der Waals surface area (Å²) in [5, 5.41) is 9.08. The molecule has 1 aliphatic rings. The molecule has 1 fully saturated rings. The third kappa shape index (κ3) is 3.41. The fourth-order valence-electron chi connectivity index (χ4n) is 2.37. The maximum Gasteiger partial charge on any atom is 0.252 e. The lowest BCUT2D eigenvalue weighted by atomic mass is 10.2. The zero-order valence-corrected chi connectivity index (χ0v) is 14.4.